The van der Waals surface area contributed by atoms with Gasteiger partial charge in [-0.15, -0.1) is 0 Å². The Hall–Kier alpha value is -4.88. The van der Waals surface area contributed by atoms with Gasteiger partial charge in [0.25, 0.3) is 0 Å². The number of rotatable bonds is 5. The first-order valence-corrected chi connectivity index (χ1v) is 13.2. The van der Waals surface area contributed by atoms with E-state index >= 15 is 0 Å². The Balaban J connectivity index is 1.23. The Labute approximate surface area is 224 Å². The van der Waals surface area contributed by atoms with Crippen molar-refractivity contribution in [1.82, 2.24) is 0 Å². The van der Waals surface area contributed by atoms with E-state index in [1.807, 2.05) is 0 Å². The minimum absolute atomic E-state index is 1.03. The third-order valence-electron chi connectivity index (χ3n) is 7.50. The largest absolute Gasteiger partial charge is 0.311 e. The molecular formula is C37H27N. The fourth-order valence-electron chi connectivity index (χ4n) is 5.56. The summed E-state index contributed by atoms with van der Waals surface area (Å²) in [6.45, 7) is 0. The van der Waals surface area contributed by atoms with Crippen LogP contribution in [0.5, 0.6) is 0 Å². The van der Waals surface area contributed by atoms with Gasteiger partial charge in [0.2, 0.25) is 0 Å². The third-order valence-corrected chi connectivity index (χ3v) is 7.50. The molecule has 6 aromatic carbocycles. The molecule has 180 valence electrons. The second-order valence-electron chi connectivity index (χ2n) is 9.84. The van der Waals surface area contributed by atoms with Gasteiger partial charge in [0.15, 0.2) is 0 Å². The molecule has 1 heteroatoms. The van der Waals surface area contributed by atoms with Gasteiger partial charge in [0.1, 0.15) is 0 Å². The average Bonchev–Trinajstić information content (AvgIpc) is 3.37. The molecule has 0 aliphatic heterocycles. The van der Waals surface area contributed by atoms with E-state index in [2.05, 4.69) is 157 Å². The lowest BCUT2D eigenvalue weighted by Gasteiger charge is -2.26. The molecular weight excluding hydrogens is 458 g/mol. The second-order valence-corrected chi connectivity index (χ2v) is 9.84. The number of benzene rings is 6. The van der Waals surface area contributed by atoms with Crippen LogP contribution < -0.4 is 4.90 Å². The van der Waals surface area contributed by atoms with E-state index < -0.39 is 0 Å². The van der Waals surface area contributed by atoms with Crippen molar-refractivity contribution in [2.75, 3.05) is 4.90 Å². The molecule has 0 atom stereocenters. The first kappa shape index (κ1) is 22.3. The van der Waals surface area contributed by atoms with Crippen LogP contribution >= 0.6 is 0 Å². The quantitative estimate of drug-likeness (QED) is 0.234. The maximum absolute atomic E-state index is 2.35. The number of fused-ring (bicyclic) bond motifs is 3. The number of hydrogen-bond acceptors (Lipinski definition) is 1. The first-order valence-electron chi connectivity index (χ1n) is 13.2. The summed E-state index contributed by atoms with van der Waals surface area (Å²) in [6, 6.07) is 54.6. The van der Waals surface area contributed by atoms with Crippen molar-refractivity contribution < 1.29 is 0 Å². The SMILES string of the molecule is c1ccc(-c2ccc(N(c3ccccc3)c3ccc(-c4ccc5c(c4)-c4ccccc4C5)cc3)cc2)cc1. The molecule has 7 rings (SSSR count). The summed E-state index contributed by atoms with van der Waals surface area (Å²) < 4.78 is 0. The van der Waals surface area contributed by atoms with Crippen LogP contribution in [0.3, 0.4) is 0 Å². The van der Waals surface area contributed by atoms with Gasteiger partial charge >= 0.3 is 0 Å². The Morgan fingerprint density at radius 1 is 0.342 bits per heavy atom. The van der Waals surface area contributed by atoms with Crippen LogP contribution in [0.25, 0.3) is 33.4 Å². The average molecular weight is 486 g/mol. The third kappa shape index (κ3) is 4.09. The van der Waals surface area contributed by atoms with Gasteiger partial charge in [-0.05, 0) is 93.4 Å². The molecule has 0 saturated heterocycles. The smallest absolute Gasteiger partial charge is 0.0462 e. The molecule has 0 heterocycles. The summed E-state index contributed by atoms with van der Waals surface area (Å²) in [5, 5.41) is 0. The molecule has 0 fully saturated rings. The van der Waals surface area contributed by atoms with Crippen LogP contribution in [0.1, 0.15) is 11.1 Å². The zero-order valence-electron chi connectivity index (χ0n) is 21.1. The topological polar surface area (TPSA) is 3.24 Å². The molecule has 38 heavy (non-hydrogen) atoms. The molecule has 1 nitrogen and oxygen atoms in total. The summed E-state index contributed by atoms with van der Waals surface area (Å²) in [7, 11) is 0. The van der Waals surface area contributed by atoms with Crippen LogP contribution in [0.4, 0.5) is 17.1 Å². The van der Waals surface area contributed by atoms with E-state index in [0.29, 0.717) is 0 Å². The zero-order chi connectivity index (χ0) is 25.3. The molecule has 0 amide bonds. The Kier molecular flexibility index (Phi) is 5.60. The van der Waals surface area contributed by atoms with Crippen LogP contribution in [0.15, 0.2) is 152 Å². The molecule has 0 N–H and O–H groups in total. The van der Waals surface area contributed by atoms with E-state index in [-0.39, 0.29) is 0 Å². The van der Waals surface area contributed by atoms with Gasteiger partial charge in [0.05, 0.1) is 0 Å². The van der Waals surface area contributed by atoms with Crippen LogP contribution in [0.2, 0.25) is 0 Å². The summed E-state index contributed by atoms with van der Waals surface area (Å²) in [5.74, 6) is 0. The lowest BCUT2D eigenvalue weighted by Crippen LogP contribution is -2.09. The first-order chi connectivity index (χ1) is 18.8. The Bertz CT molecular complexity index is 1700. The van der Waals surface area contributed by atoms with Crippen LogP contribution in [-0.2, 0) is 6.42 Å². The van der Waals surface area contributed by atoms with Crippen molar-refractivity contribution in [3.05, 3.63) is 163 Å². The van der Waals surface area contributed by atoms with Crippen molar-refractivity contribution in [2.24, 2.45) is 0 Å². The molecule has 0 spiro atoms. The predicted octanol–water partition coefficient (Wildman–Crippen LogP) is 10.1. The summed E-state index contributed by atoms with van der Waals surface area (Å²) in [6.07, 6.45) is 1.03. The Morgan fingerprint density at radius 3 is 1.50 bits per heavy atom. The lowest BCUT2D eigenvalue weighted by molar-refractivity contribution is 1.26. The molecule has 6 aromatic rings. The van der Waals surface area contributed by atoms with Gasteiger partial charge < -0.3 is 4.90 Å². The molecule has 1 aliphatic carbocycles. The number of anilines is 3. The molecule has 1 aliphatic rings. The summed E-state index contributed by atoms with van der Waals surface area (Å²) in [4.78, 5) is 2.32. The second kappa shape index (κ2) is 9.53. The number of hydrogen-bond donors (Lipinski definition) is 0. The predicted molar refractivity (Wildman–Crippen MR) is 160 cm³/mol. The highest BCUT2D eigenvalue weighted by molar-refractivity contribution is 5.83. The summed E-state index contributed by atoms with van der Waals surface area (Å²) >= 11 is 0. The van der Waals surface area contributed by atoms with Gasteiger partial charge in [-0.25, -0.2) is 0 Å². The van der Waals surface area contributed by atoms with E-state index in [9.17, 15) is 0 Å². The fourth-order valence-corrected chi connectivity index (χ4v) is 5.56. The van der Waals surface area contributed by atoms with Gasteiger partial charge in [-0.2, -0.15) is 0 Å². The molecule has 0 unspecified atom stereocenters. The fraction of sp³-hybridized carbons (Fsp3) is 0.0270. The van der Waals surface area contributed by atoms with Crippen molar-refractivity contribution in [3.8, 4) is 33.4 Å². The Morgan fingerprint density at radius 2 is 0.816 bits per heavy atom. The molecule has 0 radical (unpaired) electrons. The highest BCUT2D eigenvalue weighted by atomic mass is 15.1. The minimum atomic E-state index is 1.03. The number of para-hydroxylation sites is 1. The van der Waals surface area contributed by atoms with Crippen molar-refractivity contribution in [3.63, 3.8) is 0 Å². The van der Waals surface area contributed by atoms with Crippen LogP contribution in [0, 0.1) is 0 Å². The maximum atomic E-state index is 2.35. The van der Waals surface area contributed by atoms with Crippen LogP contribution in [-0.4, -0.2) is 0 Å². The van der Waals surface area contributed by atoms with Gasteiger partial charge in [0, 0.05) is 17.1 Å². The highest BCUT2D eigenvalue weighted by Crippen LogP contribution is 2.40. The lowest BCUT2D eigenvalue weighted by atomic mass is 9.98. The molecule has 0 bridgehead atoms. The number of nitrogens with zero attached hydrogens (tertiary/aromatic N) is 1. The van der Waals surface area contributed by atoms with E-state index in [1.54, 1.807) is 0 Å². The normalized spacial score (nSPS) is 11.6. The van der Waals surface area contributed by atoms with Gasteiger partial charge in [-0.1, -0.05) is 109 Å². The van der Waals surface area contributed by atoms with Gasteiger partial charge in [-0.3, -0.25) is 0 Å². The summed E-state index contributed by atoms with van der Waals surface area (Å²) in [5.41, 5.74) is 13.9. The monoisotopic (exact) mass is 485 g/mol. The highest BCUT2D eigenvalue weighted by Gasteiger charge is 2.18. The zero-order valence-corrected chi connectivity index (χ0v) is 21.1. The molecule has 0 saturated carbocycles. The standard InChI is InChI=1S/C37H27N/c1-3-9-27(10-4-1)28-17-21-34(22-18-28)38(33-12-5-2-6-13-33)35-23-19-29(20-24-35)30-15-16-32-25-31-11-7-8-14-36(31)37(32)26-30/h1-24,26H,25H2. The van der Waals surface area contributed by atoms with E-state index in [0.717, 1.165) is 23.5 Å². The van der Waals surface area contributed by atoms with Crippen molar-refractivity contribution in [1.29, 1.82) is 0 Å². The van der Waals surface area contributed by atoms with E-state index in [4.69, 9.17) is 0 Å². The van der Waals surface area contributed by atoms with Crippen molar-refractivity contribution in [2.45, 2.75) is 6.42 Å². The minimum Gasteiger partial charge on any atom is -0.311 e. The van der Waals surface area contributed by atoms with E-state index in [1.165, 1.54) is 44.5 Å². The maximum Gasteiger partial charge on any atom is 0.0462 e. The van der Waals surface area contributed by atoms with Crippen molar-refractivity contribution >= 4 is 17.1 Å². The molecule has 0 aromatic heterocycles.